The fraction of sp³-hybridized carbons (Fsp3) is 0.333. The molecule has 0 spiro atoms. The van der Waals surface area contributed by atoms with E-state index in [-0.39, 0.29) is 6.04 Å². The van der Waals surface area contributed by atoms with Crippen molar-refractivity contribution in [3.8, 4) is 5.75 Å². The highest BCUT2D eigenvalue weighted by Gasteiger charge is 2.14. The first-order chi connectivity index (χ1) is 8.65. The minimum absolute atomic E-state index is 0.250. The zero-order valence-electron chi connectivity index (χ0n) is 11.3. The Morgan fingerprint density at radius 2 is 1.94 bits per heavy atom. The summed E-state index contributed by atoms with van der Waals surface area (Å²) in [6.45, 7) is 4.22. The molecule has 1 unspecified atom stereocenters. The molecule has 1 N–H and O–H groups in total. The van der Waals surface area contributed by atoms with Gasteiger partial charge in [0.1, 0.15) is 5.75 Å². The number of nitrogens with one attached hydrogen (secondary N) is 1. The van der Waals surface area contributed by atoms with Crippen molar-refractivity contribution in [3.05, 3.63) is 51.2 Å². The van der Waals surface area contributed by atoms with Crippen LogP contribution in [0, 0.1) is 13.8 Å². The molecule has 1 atom stereocenters. The molecule has 18 heavy (non-hydrogen) atoms. The summed E-state index contributed by atoms with van der Waals surface area (Å²) in [5.74, 6) is 0.940. The van der Waals surface area contributed by atoms with Crippen LogP contribution in [0.1, 0.15) is 27.6 Å². The third-order valence-corrected chi connectivity index (χ3v) is 4.00. The first-order valence-corrected chi connectivity index (χ1v) is 6.90. The molecular weight excluding hydrogens is 242 g/mol. The first kappa shape index (κ1) is 13.1. The molecule has 2 aromatic rings. The number of hydrogen-bond donors (Lipinski definition) is 1. The SMILES string of the molecule is CNC(c1csc(C)c1)c1ccc(OC)c(C)c1. The molecule has 1 aromatic carbocycles. The van der Waals surface area contributed by atoms with Gasteiger partial charge >= 0.3 is 0 Å². The molecule has 1 heterocycles. The van der Waals surface area contributed by atoms with Crippen LogP contribution in [0.5, 0.6) is 5.75 Å². The third kappa shape index (κ3) is 2.57. The van der Waals surface area contributed by atoms with Gasteiger partial charge in [-0.05, 0) is 55.1 Å². The number of thiophene rings is 1. The van der Waals surface area contributed by atoms with Crippen molar-refractivity contribution in [2.75, 3.05) is 14.2 Å². The average molecular weight is 261 g/mol. The summed E-state index contributed by atoms with van der Waals surface area (Å²) < 4.78 is 5.30. The predicted octanol–water partition coefficient (Wildman–Crippen LogP) is 3.68. The maximum atomic E-state index is 5.30. The van der Waals surface area contributed by atoms with Gasteiger partial charge in [0.05, 0.1) is 13.2 Å². The lowest BCUT2D eigenvalue weighted by Gasteiger charge is -2.17. The molecule has 2 rings (SSSR count). The molecule has 0 aliphatic carbocycles. The lowest BCUT2D eigenvalue weighted by atomic mass is 9.99. The number of aryl methyl sites for hydroxylation is 2. The predicted molar refractivity (Wildman–Crippen MR) is 77.7 cm³/mol. The second-order valence-corrected chi connectivity index (χ2v) is 5.56. The van der Waals surface area contributed by atoms with E-state index >= 15 is 0 Å². The zero-order valence-corrected chi connectivity index (χ0v) is 12.1. The fourth-order valence-corrected chi connectivity index (χ4v) is 2.95. The highest BCUT2D eigenvalue weighted by molar-refractivity contribution is 7.10. The van der Waals surface area contributed by atoms with Crippen molar-refractivity contribution < 1.29 is 4.74 Å². The van der Waals surface area contributed by atoms with Gasteiger partial charge in [-0.2, -0.15) is 0 Å². The van der Waals surface area contributed by atoms with Crippen molar-refractivity contribution in [1.82, 2.24) is 5.32 Å². The van der Waals surface area contributed by atoms with Crippen molar-refractivity contribution >= 4 is 11.3 Å². The lowest BCUT2D eigenvalue weighted by Crippen LogP contribution is -2.17. The quantitative estimate of drug-likeness (QED) is 0.906. The number of hydrogen-bond acceptors (Lipinski definition) is 3. The average Bonchev–Trinajstić information content (AvgIpc) is 2.77. The molecule has 0 saturated heterocycles. The van der Waals surface area contributed by atoms with Crippen LogP contribution in [0.2, 0.25) is 0 Å². The Hall–Kier alpha value is -1.32. The van der Waals surface area contributed by atoms with Gasteiger partial charge < -0.3 is 10.1 Å². The summed E-state index contributed by atoms with van der Waals surface area (Å²) >= 11 is 1.79. The minimum atomic E-state index is 0.250. The maximum absolute atomic E-state index is 5.30. The third-order valence-electron chi connectivity index (χ3n) is 3.13. The Labute approximate surface area is 113 Å². The second kappa shape index (κ2) is 5.55. The van der Waals surface area contributed by atoms with E-state index in [2.05, 4.69) is 42.7 Å². The smallest absolute Gasteiger partial charge is 0.121 e. The summed E-state index contributed by atoms with van der Waals surface area (Å²) in [4.78, 5) is 1.34. The normalized spacial score (nSPS) is 12.4. The Morgan fingerprint density at radius 1 is 1.17 bits per heavy atom. The molecule has 1 aromatic heterocycles. The monoisotopic (exact) mass is 261 g/mol. The molecule has 0 bridgehead atoms. The molecule has 0 radical (unpaired) electrons. The molecule has 0 aliphatic heterocycles. The van der Waals surface area contributed by atoms with Gasteiger partial charge in [-0.25, -0.2) is 0 Å². The van der Waals surface area contributed by atoms with E-state index in [1.165, 1.54) is 21.6 Å². The van der Waals surface area contributed by atoms with Crippen LogP contribution in [0.4, 0.5) is 0 Å². The van der Waals surface area contributed by atoms with E-state index < -0.39 is 0 Å². The van der Waals surface area contributed by atoms with E-state index in [9.17, 15) is 0 Å². The van der Waals surface area contributed by atoms with Gasteiger partial charge in [-0.15, -0.1) is 11.3 Å². The Balaban J connectivity index is 2.36. The van der Waals surface area contributed by atoms with Crippen LogP contribution >= 0.6 is 11.3 Å². The van der Waals surface area contributed by atoms with Crippen LogP contribution in [0.3, 0.4) is 0 Å². The lowest BCUT2D eigenvalue weighted by molar-refractivity contribution is 0.411. The van der Waals surface area contributed by atoms with Crippen LogP contribution in [0.25, 0.3) is 0 Å². The summed E-state index contributed by atoms with van der Waals surface area (Å²) in [5.41, 5.74) is 3.76. The molecule has 0 amide bonds. The van der Waals surface area contributed by atoms with Gasteiger partial charge in [0, 0.05) is 4.88 Å². The molecule has 0 fully saturated rings. The van der Waals surface area contributed by atoms with Crippen LogP contribution in [-0.2, 0) is 0 Å². The highest BCUT2D eigenvalue weighted by atomic mass is 32.1. The van der Waals surface area contributed by atoms with Crippen LogP contribution in [-0.4, -0.2) is 14.2 Å². The highest BCUT2D eigenvalue weighted by Crippen LogP contribution is 2.29. The standard InChI is InChI=1S/C15H19NOS/c1-10-7-12(5-6-14(10)17-4)15(16-3)13-8-11(2)18-9-13/h5-9,15-16H,1-4H3. The van der Waals surface area contributed by atoms with Gasteiger partial charge in [0.15, 0.2) is 0 Å². The van der Waals surface area contributed by atoms with Crippen molar-refractivity contribution in [3.63, 3.8) is 0 Å². The summed E-state index contributed by atoms with van der Waals surface area (Å²) in [7, 11) is 3.71. The number of benzene rings is 1. The minimum Gasteiger partial charge on any atom is -0.496 e. The number of ether oxygens (including phenoxy) is 1. The fourth-order valence-electron chi connectivity index (χ4n) is 2.22. The van der Waals surface area contributed by atoms with Crippen LogP contribution in [0.15, 0.2) is 29.6 Å². The maximum Gasteiger partial charge on any atom is 0.121 e. The van der Waals surface area contributed by atoms with E-state index in [0.29, 0.717) is 0 Å². The van der Waals surface area contributed by atoms with Crippen LogP contribution < -0.4 is 10.1 Å². The molecule has 96 valence electrons. The summed E-state index contributed by atoms with van der Waals surface area (Å²) in [6.07, 6.45) is 0. The Kier molecular flexibility index (Phi) is 4.04. The molecule has 3 heteroatoms. The van der Waals surface area contributed by atoms with E-state index in [4.69, 9.17) is 4.74 Å². The molecule has 0 aliphatic rings. The molecule has 0 saturated carbocycles. The van der Waals surface area contributed by atoms with E-state index in [1.807, 2.05) is 13.1 Å². The largest absolute Gasteiger partial charge is 0.496 e. The van der Waals surface area contributed by atoms with Gasteiger partial charge in [0.25, 0.3) is 0 Å². The Morgan fingerprint density at radius 3 is 2.44 bits per heavy atom. The van der Waals surface area contributed by atoms with Gasteiger partial charge in [0.2, 0.25) is 0 Å². The molecular formula is C15H19NOS. The van der Waals surface area contributed by atoms with Crippen molar-refractivity contribution in [2.24, 2.45) is 0 Å². The molecule has 2 nitrogen and oxygen atoms in total. The number of methoxy groups -OCH3 is 1. The topological polar surface area (TPSA) is 21.3 Å². The van der Waals surface area contributed by atoms with E-state index in [0.717, 1.165) is 5.75 Å². The summed E-state index contributed by atoms with van der Waals surface area (Å²) in [6, 6.07) is 8.84. The van der Waals surface area contributed by atoms with Gasteiger partial charge in [-0.3, -0.25) is 0 Å². The summed E-state index contributed by atoms with van der Waals surface area (Å²) in [5, 5.41) is 5.60. The van der Waals surface area contributed by atoms with Gasteiger partial charge in [-0.1, -0.05) is 12.1 Å². The first-order valence-electron chi connectivity index (χ1n) is 6.02. The zero-order chi connectivity index (χ0) is 13.1. The second-order valence-electron chi connectivity index (χ2n) is 4.44. The van der Waals surface area contributed by atoms with E-state index in [1.54, 1.807) is 18.4 Å². The van der Waals surface area contributed by atoms with Crippen molar-refractivity contribution in [2.45, 2.75) is 19.9 Å². The number of rotatable bonds is 4. The van der Waals surface area contributed by atoms with Crippen molar-refractivity contribution in [1.29, 1.82) is 0 Å². The Bertz CT molecular complexity index is 533.